The van der Waals surface area contributed by atoms with Crippen LogP contribution < -0.4 is 5.32 Å². The normalized spacial score (nSPS) is 9.88. The number of anilines is 1. The minimum absolute atomic E-state index is 0.112. The van der Waals surface area contributed by atoms with Gasteiger partial charge in [-0.3, -0.25) is 4.79 Å². The van der Waals surface area contributed by atoms with Crippen molar-refractivity contribution in [2.75, 3.05) is 5.32 Å². The molecule has 1 rings (SSSR count). The Morgan fingerprint density at radius 3 is 2.50 bits per heavy atom. The molecule has 1 N–H and O–H groups in total. The van der Waals surface area contributed by atoms with Gasteiger partial charge in [-0.2, -0.15) is 5.26 Å². The molecule has 0 heterocycles. The summed E-state index contributed by atoms with van der Waals surface area (Å²) in [4.78, 5) is 11.3. The summed E-state index contributed by atoms with van der Waals surface area (Å²) in [5.74, 6) is 0.377. The first-order valence-electron chi connectivity index (χ1n) is 5.40. The summed E-state index contributed by atoms with van der Waals surface area (Å²) in [6.45, 7) is 4.25. The highest BCUT2D eigenvalue weighted by atomic mass is 16.1. The van der Waals surface area contributed by atoms with Crippen LogP contribution in [0.1, 0.15) is 38.2 Å². The number of hydrogen-bond acceptors (Lipinski definition) is 2. The Morgan fingerprint density at radius 1 is 1.38 bits per heavy atom. The molecule has 1 aromatic carbocycles. The molecule has 0 aromatic heterocycles. The molecule has 16 heavy (non-hydrogen) atoms. The molecule has 0 radical (unpaired) electrons. The Balaban J connectivity index is 2.55. The molecule has 3 nitrogen and oxygen atoms in total. The van der Waals surface area contributed by atoms with Gasteiger partial charge in [0.05, 0.1) is 6.07 Å². The Kier molecular flexibility index (Phi) is 4.53. The Morgan fingerprint density at radius 2 is 2.00 bits per heavy atom. The lowest BCUT2D eigenvalue weighted by Crippen LogP contribution is -2.10. The smallest absolute Gasteiger partial charge is 0.225 e. The highest BCUT2D eigenvalue weighted by molar-refractivity contribution is 5.90. The zero-order chi connectivity index (χ0) is 12.0. The highest BCUT2D eigenvalue weighted by Gasteiger charge is 2.02. The predicted molar refractivity (Wildman–Crippen MR) is 64.0 cm³/mol. The summed E-state index contributed by atoms with van der Waals surface area (Å²) in [6.07, 6.45) is 0.512. The average molecular weight is 216 g/mol. The molecule has 0 saturated heterocycles. The molecule has 0 aliphatic heterocycles. The molecular formula is C13H16N2O. The van der Waals surface area contributed by atoms with Gasteiger partial charge in [-0.25, -0.2) is 0 Å². The van der Waals surface area contributed by atoms with E-state index in [1.807, 2.05) is 30.3 Å². The molecule has 3 heteroatoms. The van der Waals surface area contributed by atoms with Crippen molar-refractivity contribution in [2.24, 2.45) is 0 Å². The van der Waals surface area contributed by atoms with Crippen LogP contribution >= 0.6 is 0 Å². The van der Waals surface area contributed by atoms with Crippen LogP contribution in [-0.2, 0) is 4.79 Å². The second-order valence-corrected chi connectivity index (χ2v) is 3.98. The van der Waals surface area contributed by atoms with Gasteiger partial charge in [0.25, 0.3) is 0 Å². The number of nitrogens with one attached hydrogen (secondary N) is 1. The van der Waals surface area contributed by atoms with Gasteiger partial charge >= 0.3 is 0 Å². The maximum absolute atomic E-state index is 11.3. The topological polar surface area (TPSA) is 52.9 Å². The van der Waals surface area contributed by atoms with Gasteiger partial charge < -0.3 is 5.32 Å². The molecule has 1 amide bonds. The van der Waals surface area contributed by atoms with Crippen molar-refractivity contribution in [3.8, 4) is 6.07 Å². The number of hydrogen-bond donors (Lipinski definition) is 1. The fourth-order valence-corrected chi connectivity index (χ4v) is 1.34. The van der Waals surface area contributed by atoms with Crippen molar-refractivity contribution in [3.63, 3.8) is 0 Å². The van der Waals surface area contributed by atoms with Crippen LogP contribution in [0.3, 0.4) is 0 Å². The van der Waals surface area contributed by atoms with Crippen LogP contribution in [0.25, 0.3) is 0 Å². The molecule has 0 atom stereocenters. The van der Waals surface area contributed by atoms with E-state index in [1.165, 1.54) is 5.56 Å². The molecule has 0 fully saturated rings. The third-order valence-corrected chi connectivity index (χ3v) is 2.32. The quantitative estimate of drug-likeness (QED) is 0.841. The maximum atomic E-state index is 11.3. The molecule has 0 unspecified atom stereocenters. The second kappa shape index (κ2) is 5.92. The average Bonchev–Trinajstić information content (AvgIpc) is 2.27. The number of carbonyl (C=O) groups is 1. The van der Waals surface area contributed by atoms with Crippen molar-refractivity contribution in [1.82, 2.24) is 0 Å². The van der Waals surface area contributed by atoms with Crippen molar-refractivity contribution < 1.29 is 4.79 Å². The van der Waals surface area contributed by atoms with E-state index >= 15 is 0 Å². The standard InChI is InChI=1S/C13H16N2O/c1-10(2)11-5-7-12(8-6-11)15-13(16)4-3-9-14/h5-8,10H,3-4H2,1-2H3,(H,15,16). The van der Waals surface area contributed by atoms with Crippen molar-refractivity contribution in [2.45, 2.75) is 32.6 Å². The van der Waals surface area contributed by atoms with Gasteiger partial charge in [0.15, 0.2) is 0 Å². The fraction of sp³-hybridized carbons (Fsp3) is 0.385. The Bertz CT molecular complexity index is 387. The van der Waals surface area contributed by atoms with Crippen molar-refractivity contribution >= 4 is 11.6 Å². The number of rotatable bonds is 4. The van der Waals surface area contributed by atoms with Crippen LogP contribution in [0.15, 0.2) is 24.3 Å². The number of carbonyl (C=O) groups excluding carboxylic acids is 1. The van der Waals surface area contributed by atoms with E-state index in [4.69, 9.17) is 5.26 Å². The van der Waals surface area contributed by atoms with Gasteiger partial charge in [-0.1, -0.05) is 26.0 Å². The lowest BCUT2D eigenvalue weighted by Gasteiger charge is -2.07. The summed E-state index contributed by atoms with van der Waals surface area (Å²) in [5, 5.41) is 11.1. The highest BCUT2D eigenvalue weighted by Crippen LogP contribution is 2.17. The van der Waals surface area contributed by atoms with Gasteiger partial charge in [0.2, 0.25) is 5.91 Å². The minimum atomic E-state index is -0.112. The molecule has 0 aliphatic rings. The summed E-state index contributed by atoms with van der Waals surface area (Å²) >= 11 is 0. The molecular weight excluding hydrogens is 200 g/mol. The van der Waals surface area contributed by atoms with Gasteiger partial charge in [0.1, 0.15) is 0 Å². The Hall–Kier alpha value is -1.82. The van der Waals surface area contributed by atoms with E-state index < -0.39 is 0 Å². The predicted octanol–water partition coefficient (Wildman–Crippen LogP) is 3.05. The number of nitrogens with zero attached hydrogens (tertiary/aromatic N) is 1. The lowest BCUT2D eigenvalue weighted by atomic mass is 10.0. The van der Waals surface area contributed by atoms with E-state index in [2.05, 4.69) is 19.2 Å². The molecule has 84 valence electrons. The first kappa shape index (κ1) is 12.3. The van der Waals surface area contributed by atoms with Crippen molar-refractivity contribution in [1.29, 1.82) is 5.26 Å². The number of benzene rings is 1. The maximum Gasteiger partial charge on any atom is 0.225 e. The molecule has 0 saturated carbocycles. The molecule has 1 aromatic rings. The third kappa shape index (κ3) is 3.74. The van der Waals surface area contributed by atoms with Crippen LogP contribution in [-0.4, -0.2) is 5.91 Å². The third-order valence-electron chi connectivity index (χ3n) is 2.32. The molecule has 0 spiro atoms. The van der Waals surface area contributed by atoms with Crippen LogP contribution in [0, 0.1) is 11.3 Å². The molecule has 0 aliphatic carbocycles. The number of amides is 1. The van der Waals surface area contributed by atoms with Crippen LogP contribution in [0.2, 0.25) is 0 Å². The summed E-state index contributed by atoms with van der Waals surface area (Å²) in [7, 11) is 0. The zero-order valence-electron chi connectivity index (χ0n) is 9.66. The van der Waals surface area contributed by atoms with E-state index in [0.717, 1.165) is 5.69 Å². The lowest BCUT2D eigenvalue weighted by molar-refractivity contribution is -0.116. The zero-order valence-corrected chi connectivity index (χ0v) is 9.66. The largest absolute Gasteiger partial charge is 0.326 e. The van der Waals surface area contributed by atoms with Gasteiger partial charge in [-0.05, 0) is 23.6 Å². The minimum Gasteiger partial charge on any atom is -0.326 e. The van der Waals surface area contributed by atoms with E-state index in [9.17, 15) is 4.79 Å². The molecule has 0 bridgehead atoms. The van der Waals surface area contributed by atoms with Gasteiger partial charge in [-0.15, -0.1) is 0 Å². The van der Waals surface area contributed by atoms with E-state index in [0.29, 0.717) is 5.92 Å². The van der Waals surface area contributed by atoms with Crippen LogP contribution in [0.5, 0.6) is 0 Å². The van der Waals surface area contributed by atoms with Crippen LogP contribution in [0.4, 0.5) is 5.69 Å². The van der Waals surface area contributed by atoms with Gasteiger partial charge in [0, 0.05) is 18.5 Å². The number of nitriles is 1. The Labute approximate surface area is 96.1 Å². The summed E-state index contributed by atoms with van der Waals surface area (Å²) < 4.78 is 0. The first-order chi connectivity index (χ1) is 7.63. The fourth-order valence-electron chi connectivity index (χ4n) is 1.34. The van der Waals surface area contributed by atoms with E-state index in [-0.39, 0.29) is 18.7 Å². The SMILES string of the molecule is CC(C)c1ccc(NC(=O)CCC#N)cc1. The monoisotopic (exact) mass is 216 g/mol. The summed E-state index contributed by atoms with van der Waals surface area (Å²) in [5.41, 5.74) is 2.03. The summed E-state index contributed by atoms with van der Waals surface area (Å²) in [6, 6.07) is 9.73. The first-order valence-corrected chi connectivity index (χ1v) is 5.40. The van der Waals surface area contributed by atoms with E-state index in [1.54, 1.807) is 0 Å². The van der Waals surface area contributed by atoms with Crippen molar-refractivity contribution in [3.05, 3.63) is 29.8 Å². The second-order valence-electron chi connectivity index (χ2n) is 3.98.